The zero-order chi connectivity index (χ0) is 16.1. The molecule has 0 spiro atoms. The standard InChI is InChI=1S/C20H24BrNO/c1-16(10-11-22-12-14-23-15-13-22)17-2-4-18(5-3-17)19-6-8-20(21)9-7-19/h2-9,16H,10-15H2,1H3. The molecule has 0 aromatic heterocycles. The molecule has 0 radical (unpaired) electrons. The lowest BCUT2D eigenvalue weighted by atomic mass is 9.95. The fraction of sp³-hybridized carbons (Fsp3) is 0.400. The number of hydrogen-bond acceptors (Lipinski definition) is 2. The summed E-state index contributed by atoms with van der Waals surface area (Å²) in [7, 11) is 0. The number of rotatable bonds is 5. The average Bonchev–Trinajstić information content (AvgIpc) is 2.61. The van der Waals surface area contributed by atoms with Crippen molar-refractivity contribution in [1.29, 1.82) is 0 Å². The van der Waals surface area contributed by atoms with Gasteiger partial charge in [0, 0.05) is 17.6 Å². The molecular weight excluding hydrogens is 350 g/mol. The van der Waals surface area contributed by atoms with Gasteiger partial charge >= 0.3 is 0 Å². The van der Waals surface area contributed by atoms with E-state index in [1.807, 2.05) is 0 Å². The maximum atomic E-state index is 5.41. The van der Waals surface area contributed by atoms with Gasteiger partial charge in [-0.2, -0.15) is 0 Å². The van der Waals surface area contributed by atoms with Crippen LogP contribution in [0.5, 0.6) is 0 Å². The summed E-state index contributed by atoms with van der Waals surface area (Å²) in [6.45, 7) is 7.42. The molecule has 2 nitrogen and oxygen atoms in total. The van der Waals surface area contributed by atoms with Gasteiger partial charge in [-0.15, -0.1) is 0 Å². The predicted molar refractivity (Wildman–Crippen MR) is 99.9 cm³/mol. The van der Waals surface area contributed by atoms with E-state index in [-0.39, 0.29) is 0 Å². The molecule has 1 heterocycles. The van der Waals surface area contributed by atoms with Crippen molar-refractivity contribution in [2.45, 2.75) is 19.3 Å². The molecule has 1 aliphatic rings. The summed E-state index contributed by atoms with van der Waals surface area (Å²) in [5, 5.41) is 0. The van der Waals surface area contributed by atoms with Gasteiger partial charge in [0.25, 0.3) is 0 Å². The summed E-state index contributed by atoms with van der Waals surface area (Å²) in [6.07, 6.45) is 1.21. The summed E-state index contributed by atoms with van der Waals surface area (Å²) in [6, 6.07) is 17.5. The minimum atomic E-state index is 0.594. The molecule has 0 amide bonds. The number of halogens is 1. The van der Waals surface area contributed by atoms with E-state index >= 15 is 0 Å². The molecule has 0 aliphatic carbocycles. The number of nitrogens with zero attached hydrogens (tertiary/aromatic N) is 1. The van der Waals surface area contributed by atoms with E-state index in [4.69, 9.17) is 4.74 Å². The van der Waals surface area contributed by atoms with Crippen LogP contribution in [0.2, 0.25) is 0 Å². The van der Waals surface area contributed by atoms with Gasteiger partial charge in [-0.1, -0.05) is 59.3 Å². The van der Waals surface area contributed by atoms with E-state index in [1.54, 1.807) is 0 Å². The Morgan fingerprint density at radius 3 is 2.13 bits per heavy atom. The molecule has 2 aromatic carbocycles. The van der Waals surface area contributed by atoms with Crippen LogP contribution in [0.25, 0.3) is 11.1 Å². The first-order valence-corrected chi connectivity index (χ1v) is 9.18. The smallest absolute Gasteiger partial charge is 0.0594 e. The highest BCUT2D eigenvalue weighted by Gasteiger charge is 2.12. The average molecular weight is 374 g/mol. The molecule has 3 heteroatoms. The lowest BCUT2D eigenvalue weighted by Crippen LogP contribution is -2.37. The van der Waals surface area contributed by atoms with Crippen molar-refractivity contribution in [1.82, 2.24) is 4.90 Å². The minimum absolute atomic E-state index is 0.594. The molecule has 0 N–H and O–H groups in total. The maximum absolute atomic E-state index is 5.41. The highest BCUT2D eigenvalue weighted by Crippen LogP contribution is 2.25. The van der Waals surface area contributed by atoms with Crippen LogP contribution in [-0.4, -0.2) is 37.7 Å². The monoisotopic (exact) mass is 373 g/mol. The van der Waals surface area contributed by atoms with Gasteiger partial charge in [0.15, 0.2) is 0 Å². The largest absolute Gasteiger partial charge is 0.379 e. The normalized spacial score (nSPS) is 17.1. The second-order valence-electron chi connectivity index (χ2n) is 6.27. The van der Waals surface area contributed by atoms with Crippen LogP contribution in [0.3, 0.4) is 0 Å². The second kappa shape index (κ2) is 8.09. The highest BCUT2D eigenvalue weighted by molar-refractivity contribution is 9.10. The first kappa shape index (κ1) is 16.7. The van der Waals surface area contributed by atoms with Gasteiger partial charge in [0.05, 0.1) is 13.2 Å². The van der Waals surface area contributed by atoms with Gasteiger partial charge < -0.3 is 4.74 Å². The lowest BCUT2D eigenvalue weighted by Gasteiger charge is -2.27. The second-order valence-corrected chi connectivity index (χ2v) is 7.19. The Bertz CT molecular complexity index is 603. The van der Waals surface area contributed by atoms with Gasteiger partial charge in [-0.05, 0) is 47.7 Å². The van der Waals surface area contributed by atoms with E-state index in [2.05, 4.69) is 76.3 Å². The molecule has 1 saturated heterocycles. The number of ether oxygens (including phenoxy) is 1. The molecule has 1 unspecified atom stereocenters. The van der Waals surface area contributed by atoms with Crippen LogP contribution in [-0.2, 0) is 4.74 Å². The van der Waals surface area contributed by atoms with Gasteiger partial charge in [-0.3, -0.25) is 4.90 Å². The van der Waals surface area contributed by atoms with Crippen molar-refractivity contribution in [3.05, 3.63) is 58.6 Å². The molecule has 0 saturated carbocycles. The fourth-order valence-electron chi connectivity index (χ4n) is 3.01. The Morgan fingerprint density at radius 1 is 0.957 bits per heavy atom. The quantitative estimate of drug-likeness (QED) is 0.735. The van der Waals surface area contributed by atoms with Crippen LogP contribution in [0.15, 0.2) is 53.0 Å². The van der Waals surface area contributed by atoms with Crippen molar-refractivity contribution in [2.75, 3.05) is 32.8 Å². The SMILES string of the molecule is CC(CCN1CCOCC1)c1ccc(-c2ccc(Br)cc2)cc1. The van der Waals surface area contributed by atoms with Gasteiger partial charge in [-0.25, -0.2) is 0 Å². The molecule has 3 rings (SSSR count). The number of hydrogen-bond donors (Lipinski definition) is 0. The molecule has 1 aliphatic heterocycles. The van der Waals surface area contributed by atoms with Gasteiger partial charge in [0.1, 0.15) is 0 Å². The molecule has 122 valence electrons. The Kier molecular flexibility index (Phi) is 5.87. The molecule has 2 aromatic rings. The third kappa shape index (κ3) is 4.66. The zero-order valence-corrected chi connectivity index (χ0v) is 15.3. The number of benzene rings is 2. The Hall–Kier alpha value is -1.16. The van der Waals surface area contributed by atoms with E-state index in [1.165, 1.54) is 29.7 Å². The van der Waals surface area contributed by atoms with Crippen molar-refractivity contribution < 1.29 is 4.74 Å². The van der Waals surface area contributed by atoms with Crippen LogP contribution in [0.4, 0.5) is 0 Å². The molecule has 0 bridgehead atoms. The molecule has 23 heavy (non-hydrogen) atoms. The van der Waals surface area contributed by atoms with E-state index < -0.39 is 0 Å². The van der Waals surface area contributed by atoms with E-state index in [9.17, 15) is 0 Å². The van der Waals surface area contributed by atoms with Crippen LogP contribution < -0.4 is 0 Å². The third-order valence-corrected chi connectivity index (χ3v) is 5.17. The van der Waals surface area contributed by atoms with E-state index in [0.29, 0.717) is 5.92 Å². The number of morpholine rings is 1. The van der Waals surface area contributed by atoms with Crippen molar-refractivity contribution >= 4 is 15.9 Å². The van der Waals surface area contributed by atoms with Crippen LogP contribution in [0, 0.1) is 0 Å². The Morgan fingerprint density at radius 2 is 1.52 bits per heavy atom. The zero-order valence-electron chi connectivity index (χ0n) is 13.7. The first-order chi connectivity index (χ1) is 11.2. The molecular formula is C20H24BrNO. The van der Waals surface area contributed by atoms with E-state index in [0.717, 1.165) is 30.8 Å². The van der Waals surface area contributed by atoms with Crippen molar-refractivity contribution in [2.24, 2.45) is 0 Å². The maximum Gasteiger partial charge on any atom is 0.0594 e. The van der Waals surface area contributed by atoms with Crippen LogP contribution >= 0.6 is 15.9 Å². The summed E-state index contributed by atoms with van der Waals surface area (Å²) in [5.41, 5.74) is 3.97. The van der Waals surface area contributed by atoms with Crippen molar-refractivity contribution in [3.8, 4) is 11.1 Å². The topological polar surface area (TPSA) is 12.5 Å². The summed E-state index contributed by atoms with van der Waals surface area (Å²) in [4.78, 5) is 2.51. The Balaban J connectivity index is 1.58. The highest BCUT2D eigenvalue weighted by atomic mass is 79.9. The predicted octanol–water partition coefficient (Wildman–Crippen LogP) is 4.94. The molecule has 1 atom stereocenters. The summed E-state index contributed by atoms with van der Waals surface area (Å²) < 4.78 is 6.53. The van der Waals surface area contributed by atoms with Crippen molar-refractivity contribution in [3.63, 3.8) is 0 Å². The summed E-state index contributed by atoms with van der Waals surface area (Å²) >= 11 is 3.49. The third-order valence-electron chi connectivity index (χ3n) is 4.64. The summed E-state index contributed by atoms with van der Waals surface area (Å²) in [5.74, 6) is 0.594. The fourth-order valence-corrected chi connectivity index (χ4v) is 3.28. The lowest BCUT2D eigenvalue weighted by molar-refractivity contribution is 0.0367. The minimum Gasteiger partial charge on any atom is -0.379 e. The van der Waals surface area contributed by atoms with Gasteiger partial charge in [0.2, 0.25) is 0 Å². The van der Waals surface area contributed by atoms with Crippen LogP contribution in [0.1, 0.15) is 24.8 Å². The molecule has 1 fully saturated rings. The first-order valence-electron chi connectivity index (χ1n) is 8.38. The Labute approximate surface area is 147 Å².